The Bertz CT molecular complexity index is 1450. The summed E-state index contributed by atoms with van der Waals surface area (Å²) in [5.41, 5.74) is 8.19. The number of benzene rings is 2. The third kappa shape index (κ3) is 3.41. The lowest BCUT2D eigenvalue weighted by molar-refractivity contribution is -0.0434. The van der Waals surface area contributed by atoms with Crippen LogP contribution in [0.4, 0.5) is 5.82 Å². The van der Waals surface area contributed by atoms with Crippen molar-refractivity contribution in [2.45, 2.75) is 24.9 Å². The number of nitrogens with two attached hydrogens (primary N) is 1. The van der Waals surface area contributed by atoms with Crippen LogP contribution in [-0.4, -0.2) is 48.5 Å². The minimum atomic E-state index is -0.818. The fourth-order valence-corrected chi connectivity index (χ4v) is 3.85. The number of hydrogen-bond acceptors (Lipinski definition) is 8. The maximum Gasteiger partial charge on any atom is 0.190 e. The zero-order chi connectivity index (χ0) is 22.2. The zero-order valence-electron chi connectivity index (χ0n) is 16.8. The molecule has 0 saturated carbocycles. The van der Waals surface area contributed by atoms with Crippen molar-refractivity contribution in [2.75, 3.05) is 12.3 Å². The van der Waals surface area contributed by atoms with Gasteiger partial charge in [-0.25, -0.2) is 15.0 Å². The Morgan fingerprint density at radius 1 is 1.12 bits per heavy atom. The molecule has 5 rings (SSSR count). The Balaban J connectivity index is 1.58. The summed E-state index contributed by atoms with van der Waals surface area (Å²) >= 11 is 0. The van der Waals surface area contributed by atoms with E-state index in [0.717, 1.165) is 16.3 Å². The molecule has 3 atom stereocenters. The molecule has 3 heterocycles. The van der Waals surface area contributed by atoms with Gasteiger partial charge in [-0.3, -0.25) is 4.57 Å². The second-order valence-corrected chi connectivity index (χ2v) is 7.49. The summed E-state index contributed by atoms with van der Waals surface area (Å²) < 4.78 is 7.50. The Hall–Kier alpha value is -4.02. The van der Waals surface area contributed by atoms with Crippen LogP contribution in [-0.2, 0) is 4.74 Å². The van der Waals surface area contributed by atoms with E-state index in [9.17, 15) is 10.2 Å². The van der Waals surface area contributed by atoms with Crippen molar-refractivity contribution in [3.8, 4) is 17.9 Å². The summed E-state index contributed by atoms with van der Waals surface area (Å²) in [6.45, 7) is -0.299. The van der Waals surface area contributed by atoms with E-state index in [1.165, 1.54) is 6.33 Å². The van der Waals surface area contributed by atoms with Gasteiger partial charge in [0.1, 0.15) is 18.7 Å². The van der Waals surface area contributed by atoms with E-state index in [1.54, 1.807) is 10.6 Å². The number of ether oxygens (including phenoxy) is 1. The number of aliphatic hydroxyl groups excluding tert-OH is 2. The van der Waals surface area contributed by atoms with Gasteiger partial charge in [-0.15, -0.1) is 0 Å². The SMILES string of the molecule is N#Cc1ccc2cc(C#Cc3nc4c(N)ncnc4n3[C@H]3C[C@H](O)[C@@H](CO)O3)ccc2c1. The van der Waals surface area contributed by atoms with Gasteiger partial charge in [0, 0.05) is 12.0 Å². The summed E-state index contributed by atoms with van der Waals surface area (Å²) in [6, 6.07) is 13.3. The summed E-state index contributed by atoms with van der Waals surface area (Å²) in [5, 5.41) is 30.6. The molecule has 1 saturated heterocycles. The van der Waals surface area contributed by atoms with Gasteiger partial charge in [0.2, 0.25) is 0 Å². The summed E-state index contributed by atoms with van der Waals surface area (Å²) in [6.07, 6.45) is -0.531. The monoisotopic (exact) mass is 426 g/mol. The molecular weight excluding hydrogens is 408 g/mol. The van der Waals surface area contributed by atoms with E-state index in [1.807, 2.05) is 30.3 Å². The number of nitrogen functional groups attached to an aromatic ring is 1. The molecule has 158 valence electrons. The van der Waals surface area contributed by atoms with Gasteiger partial charge < -0.3 is 20.7 Å². The number of aromatic nitrogens is 4. The van der Waals surface area contributed by atoms with Crippen molar-refractivity contribution in [3.63, 3.8) is 0 Å². The Morgan fingerprint density at radius 2 is 1.88 bits per heavy atom. The fourth-order valence-electron chi connectivity index (χ4n) is 3.85. The molecule has 1 fully saturated rings. The number of aliphatic hydroxyl groups is 2. The highest BCUT2D eigenvalue weighted by Gasteiger charge is 2.36. The van der Waals surface area contributed by atoms with Crippen LogP contribution in [0, 0.1) is 23.2 Å². The number of hydrogen-bond donors (Lipinski definition) is 3. The van der Waals surface area contributed by atoms with E-state index in [-0.39, 0.29) is 18.8 Å². The molecule has 0 aliphatic carbocycles. The van der Waals surface area contributed by atoms with Crippen molar-refractivity contribution >= 4 is 27.8 Å². The molecule has 2 aromatic carbocycles. The van der Waals surface area contributed by atoms with E-state index >= 15 is 0 Å². The highest BCUT2D eigenvalue weighted by molar-refractivity contribution is 5.85. The predicted octanol–water partition coefficient (Wildman–Crippen LogP) is 1.47. The van der Waals surface area contributed by atoms with E-state index in [4.69, 9.17) is 15.7 Å². The summed E-state index contributed by atoms with van der Waals surface area (Å²) in [7, 11) is 0. The highest BCUT2D eigenvalue weighted by atomic mass is 16.5. The Morgan fingerprint density at radius 3 is 2.59 bits per heavy atom. The molecule has 9 nitrogen and oxygen atoms in total. The van der Waals surface area contributed by atoms with Gasteiger partial charge in [-0.2, -0.15) is 5.26 Å². The van der Waals surface area contributed by atoms with Gasteiger partial charge in [-0.05, 0) is 41.0 Å². The van der Waals surface area contributed by atoms with Crippen molar-refractivity contribution in [1.82, 2.24) is 19.5 Å². The average Bonchev–Trinajstić information content (AvgIpc) is 3.37. The first-order valence-electron chi connectivity index (χ1n) is 9.96. The summed E-state index contributed by atoms with van der Waals surface area (Å²) in [5.74, 6) is 6.75. The molecular formula is C23H18N6O3. The van der Waals surface area contributed by atoms with Crippen molar-refractivity contribution < 1.29 is 14.9 Å². The van der Waals surface area contributed by atoms with Gasteiger partial charge in [-0.1, -0.05) is 18.1 Å². The quantitative estimate of drug-likeness (QED) is 0.409. The number of imidazole rings is 1. The zero-order valence-corrected chi connectivity index (χ0v) is 16.8. The number of nitrogens with zero attached hydrogens (tertiary/aromatic N) is 5. The molecule has 1 aliphatic heterocycles. The van der Waals surface area contributed by atoms with Crippen molar-refractivity contribution in [3.05, 3.63) is 59.7 Å². The first-order valence-corrected chi connectivity index (χ1v) is 9.96. The van der Waals surface area contributed by atoms with Crippen LogP contribution in [0.5, 0.6) is 0 Å². The third-order valence-corrected chi connectivity index (χ3v) is 5.47. The minimum Gasteiger partial charge on any atom is -0.394 e. The number of nitriles is 1. The largest absolute Gasteiger partial charge is 0.394 e. The third-order valence-electron chi connectivity index (χ3n) is 5.47. The predicted molar refractivity (Wildman–Crippen MR) is 116 cm³/mol. The average molecular weight is 426 g/mol. The topological polar surface area (TPSA) is 143 Å². The normalized spacial score (nSPS) is 20.2. The van der Waals surface area contributed by atoms with Crippen LogP contribution >= 0.6 is 0 Å². The van der Waals surface area contributed by atoms with Crippen molar-refractivity contribution in [2.24, 2.45) is 0 Å². The second-order valence-electron chi connectivity index (χ2n) is 7.49. The Kier molecular flexibility index (Phi) is 4.92. The minimum absolute atomic E-state index is 0.216. The van der Waals surface area contributed by atoms with Crippen LogP contribution in [0.25, 0.3) is 21.9 Å². The first-order chi connectivity index (χ1) is 15.6. The maximum atomic E-state index is 10.2. The van der Waals surface area contributed by atoms with Crippen LogP contribution in [0.3, 0.4) is 0 Å². The number of fused-ring (bicyclic) bond motifs is 2. The second kappa shape index (κ2) is 7.91. The van der Waals surface area contributed by atoms with Crippen LogP contribution in [0.2, 0.25) is 0 Å². The lowest BCUT2D eigenvalue weighted by Crippen LogP contribution is -2.24. The lowest BCUT2D eigenvalue weighted by Gasteiger charge is -2.14. The van der Waals surface area contributed by atoms with E-state index < -0.39 is 18.4 Å². The van der Waals surface area contributed by atoms with E-state index in [0.29, 0.717) is 22.6 Å². The maximum absolute atomic E-state index is 10.2. The molecule has 9 heteroatoms. The number of rotatable bonds is 2. The molecule has 4 N–H and O–H groups in total. The van der Waals surface area contributed by atoms with Gasteiger partial charge in [0.05, 0.1) is 24.3 Å². The molecule has 0 unspecified atom stereocenters. The molecule has 2 aromatic heterocycles. The first kappa shape index (κ1) is 19.9. The standard InChI is InChI=1S/C23H18N6O3/c24-10-14-2-5-15-7-13(1-4-16(15)8-14)3-6-19-28-21-22(25)26-12-27-23(21)29(19)20-9-17(31)18(11-30)32-20/h1-2,4-5,7-8,12,17-18,20,30-31H,9,11H2,(H2,25,26,27)/t17-,18+,20+/m0/s1. The molecule has 0 bridgehead atoms. The van der Waals surface area contributed by atoms with Crippen LogP contribution in [0.15, 0.2) is 42.7 Å². The fraction of sp³-hybridized carbons (Fsp3) is 0.217. The molecule has 1 aliphatic rings. The van der Waals surface area contributed by atoms with Crippen molar-refractivity contribution in [1.29, 1.82) is 5.26 Å². The molecule has 32 heavy (non-hydrogen) atoms. The van der Waals surface area contributed by atoms with E-state index in [2.05, 4.69) is 32.9 Å². The smallest absolute Gasteiger partial charge is 0.190 e. The highest BCUT2D eigenvalue weighted by Crippen LogP contribution is 2.32. The number of anilines is 1. The Labute approximate surface area is 182 Å². The van der Waals surface area contributed by atoms with Gasteiger partial charge in [0.15, 0.2) is 22.8 Å². The summed E-state index contributed by atoms with van der Waals surface area (Å²) in [4.78, 5) is 12.8. The van der Waals surface area contributed by atoms with Gasteiger partial charge >= 0.3 is 0 Å². The van der Waals surface area contributed by atoms with Crippen LogP contribution < -0.4 is 5.73 Å². The molecule has 4 aromatic rings. The lowest BCUT2D eigenvalue weighted by atomic mass is 10.0. The molecule has 0 radical (unpaired) electrons. The molecule has 0 spiro atoms. The van der Waals surface area contributed by atoms with Gasteiger partial charge in [0.25, 0.3) is 0 Å². The van der Waals surface area contributed by atoms with Crippen LogP contribution in [0.1, 0.15) is 29.6 Å². The molecule has 0 amide bonds.